The van der Waals surface area contributed by atoms with Gasteiger partial charge >= 0.3 is 0 Å². The van der Waals surface area contributed by atoms with E-state index in [4.69, 9.17) is 11.6 Å². The smallest absolute Gasteiger partial charge is 0.253 e. The van der Waals surface area contributed by atoms with E-state index >= 15 is 0 Å². The first-order chi connectivity index (χ1) is 14.9. The van der Waals surface area contributed by atoms with Crippen molar-refractivity contribution in [3.63, 3.8) is 0 Å². The lowest BCUT2D eigenvalue weighted by Gasteiger charge is -2.32. The van der Waals surface area contributed by atoms with E-state index in [9.17, 15) is 18.4 Å². The first kappa shape index (κ1) is 21.0. The molecule has 1 fully saturated rings. The van der Waals surface area contributed by atoms with Gasteiger partial charge < -0.3 is 10.2 Å². The van der Waals surface area contributed by atoms with Gasteiger partial charge in [-0.25, -0.2) is 8.78 Å². The Kier molecular flexibility index (Phi) is 5.99. The number of benzene rings is 2. The highest BCUT2D eigenvalue weighted by molar-refractivity contribution is 6.30. The van der Waals surface area contributed by atoms with Crippen molar-refractivity contribution in [2.45, 2.75) is 12.8 Å². The lowest BCUT2D eigenvalue weighted by molar-refractivity contribution is -0.121. The third-order valence-electron chi connectivity index (χ3n) is 5.17. The largest absolute Gasteiger partial charge is 0.338 e. The molecule has 0 saturated carbocycles. The third kappa shape index (κ3) is 4.91. The van der Waals surface area contributed by atoms with Crippen LogP contribution in [0.15, 0.2) is 48.5 Å². The molecule has 2 aromatic carbocycles. The molecule has 1 aromatic heterocycles. The molecule has 1 aliphatic heterocycles. The van der Waals surface area contributed by atoms with Gasteiger partial charge in [-0.3, -0.25) is 14.7 Å². The molecular formula is C22H19ClF2N4O2. The van der Waals surface area contributed by atoms with Crippen molar-refractivity contribution >= 4 is 29.2 Å². The van der Waals surface area contributed by atoms with Gasteiger partial charge in [0.2, 0.25) is 5.91 Å². The normalized spacial score (nSPS) is 16.2. The fourth-order valence-electron chi connectivity index (χ4n) is 3.62. The number of piperidine rings is 1. The van der Waals surface area contributed by atoms with Gasteiger partial charge in [-0.2, -0.15) is 5.10 Å². The van der Waals surface area contributed by atoms with Crippen LogP contribution in [-0.2, 0) is 4.79 Å². The predicted molar refractivity (Wildman–Crippen MR) is 113 cm³/mol. The summed E-state index contributed by atoms with van der Waals surface area (Å²) in [5.74, 6) is -1.98. The summed E-state index contributed by atoms with van der Waals surface area (Å²) in [6.07, 6.45) is 1.34. The van der Waals surface area contributed by atoms with Gasteiger partial charge in [-0.1, -0.05) is 11.6 Å². The number of aromatic amines is 1. The number of nitrogens with zero attached hydrogens (tertiary/aromatic N) is 2. The average Bonchev–Trinajstić information content (AvgIpc) is 3.22. The van der Waals surface area contributed by atoms with E-state index in [1.807, 2.05) is 0 Å². The second-order valence-electron chi connectivity index (χ2n) is 7.41. The highest BCUT2D eigenvalue weighted by atomic mass is 35.5. The summed E-state index contributed by atoms with van der Waals surface area (Å²) in [6, 6.07) is 11.3. The molecule has 6 nitrogen and oxygen atoms in total. The monoisotopic (exact) mass is 444 g/mol. The van der Waals surface area contributed by atoms with E-state index in [1.165, 1.54) is 18.2 Å². The fraction of sp³-hybridized carbons (Fsp3) is 0.227. The highest BCUT2D eigenvalue weighted by Gasteiger charge is 2.29. The molecule has 1 unspecified atom stereocenters. The molecule has 1 aliphatic rings. The number of hydrogen-bond acceptors (Lipinski definition) is 3. The summed E-state index contributed by atoms with van der Waals surface area (Å²) in [4.78, 5) is 27.1. The summed E-state index contributed by atoms with van der Waals surface area (Å²) in [5, 5.41) is 9.93. The number of aromatic nitrogens is 2. The Labute approximate surface area is 182 Å². The maximum atomic E-state index is 13.4. The van der Waals surface area contributed by atoms with Crippen molar-refractivity contribution in [3.8, 4) is 11.3 Å². The summed E-state index contributed by atoms with van der Waals surface area (Å²) >= 11 is 5.88. The van der Waals surface area contributed by atoms with E-state index in [0.29, 0.717) is 42.2 Å². The zero-order chi connectivity index (χ0) is 22.0. The maximum Gasteiger partial charge on any atom is 0.253 e. The first-order valence-corrected chi connectivity index (χ1v) is 10.1. The van der Waals surface area contributed by atoms with Gasteiger partial charge in [0, 0.05) is 41.4 Å². The van der Waals surface area contributed by atoms with Crippen LogP contribution < -0.4 is 5.32 Å². The molecule has 1 atom stereocenters. The first-order valence-electron chi connectivity index (χ1n) is 9.76. The Balaban J connectivity index is 1.41. The Bertz CT molecular complexity index is 1100. The van der Waals surface area contributed by atoms with Crippen molar-refractivity contribution in [2.75, 3.05) is 18.4 Å². The quantitative estimate of drug-likeness (QED) is 0.622. The topological polar surface area (TPSA) is 78.1 Å². The zero-order valence-electron chi connectivity index (χ0n) is 16.4. The molecule has 160 valence electrons. The van der Waals surface area contributed by atoms with Gasteiger partial charge in [0.25, 0.3) is 5.91 Å². The SMILES string of the molecule is O=C(Nc1cc(-c2cc(F)cc(F)c2)[nH]n1)C1CCCN(C(=O)c2ccc(Cl)cc2)C1. The van der Waals surface area contributed by atoms with E-state index in [0.717, 1.165) is 6.07 Å². The van der Waals surface area contributed by atoms with Crippen molar-refractivity contribution < 1.29 is 18.4 Å². The summed E-state index contributed by atoms with van der Waals surface area (Å²) in [5.41, 5.74) is 1.17. The van der Waals surface area contributed by atoms with Gasteiger partial charge in [-0.15, -0.1) is 0 Å². The number of likely N-dealkylation sites (tertiary alicyclic amines) is 1. The number of nitrogens with one attached hydrogen (secondary N) is 2. The number of anilines is 1. The molecule has 1 saturated heterocycles. The van der Waals surface area contributed by atoms with Crippen LogP contribution >= 0.6 is 11.6 Å². The van der Waals surface area contributed by atoms with Crippen LogP contribution in [0.2, 0.25) is 5.02 Å². The Morgan fingerprint density at radius 2 is 1.81 bits per heavy atom. The van der Waals surface area contributed by atoms with Crippen LogP contribution in [0, 0.1) is 17.6 Å². The predicted octanol–water partition coefficient (Wildman–Crippen LogP) is 4.50. The standard InChI is InChI=1S/C22H19ClF2N4O2/c23-16-5-3-13(4-6-16)22(31)29-7-1-2-14(12-29)21(30)26-20-11-19(27-28-20)15-8-17(24)10-18(25)9-15/h3-6,8-11,14H,1-2,7,12H2,(H2,26,27,28,30). The van der Waals surface area contributed by atoms with Gasteiger partial charge in [-0.05, 0) is 49.2 Å². The van der Waals surface area contributed by atoms with Crippen LogP contribution in [0.3, 0.4) is 0 Å². The second kappa shape index (κ2) is 8.85. The van der Waals surface area contributed by atoms with Crippen molar-refractivity contribution in [1.29, 1.82) is 0 Å². The minimum atomic E-state index is -0.706. The average molecular weight is 445 g/mol. The molecule has 2 heterocycles. The molecule has 4 rings (SSSR count). The number of H-pyrrole nitrogens is 1. The molecule has 0 radical (unpaired) electrons. The lowest BCUT2D eigenvalue weighted by Crippen LogP contribution is -2.43. The lowest BCUT2D eigenvalue weighted by atomic mass is 9.96. The molecule has 2 amide bonds. The summed E-state index contributed by atoms with van der Waals surface area (Å²) < 4.78 is 26.9. The molecule has 0 aliphatic carbocycles. The Hall–Kier alpha value is -3.26. The number of rotatable bonds is 4. The molecule has 9 heteroatoms. The number of carbonyl (C=O) groups excluding carboxylic acids is 2. The number of halogens is 3. The highest BCUT2D eigenvalue weighted by Crippen LogP contribution is 2.24. The molecule has 2 N–H and O–H groups in total. The van der Waals surface area contributed by atoms with E-state index < -0.39 is 17.6 Å². The van der Waals surface area contributed by atoms with Crippen LogP contribution in [0.4, 0.5) is 14.6 Å². The molecule has 31 heavy (non-hydrogen) atoms. The van der Waals surface area contributed by atoms with Crippen molar-refractivity contribution in [2.24, 2.45) is 5.92 Å². The molecular weight excluding hydrogens is 426 g/mol. The molecule has 0 spiro atoms. The minimum absolute atomic E-state index is 0.149. The van der Waals surface area contributed by atoms with Gasteiger partial charge in [0.1, 0.15) is 11.6 Å². The summed E-state index contributed by atoms with van der Waals surface area (Å²) in [7, 11) is 0. The zero-order valence-corrected chi connectivity index (χ0v) is 17.1. The van der Waals surface area contributed by atoms with E-state index in [-0.39, 0.29) is 23.2 Å². The second-order valence-corrected chi connectivity index (χ2v) is 7.85. The minimum Gasteiger partial charge on any atom is -0.338 e. The maximum absolute atomic E-state index is 13.4. The van der Waals surface area contributed by atoms with Crippen molar-refractivity contribution in [1.82, 2.24) is 15.1 Å². The van der Waals surface area contributed by atoms with Gasteiger partial charge in [0.05, 0.1) is 11.6 Å². The Morgan fingerprint density at radius 3 is 2.52 bits per heavy atom. The van der Waals surface area contributed by atoms with Crippen LogP contribution in [0.1, 0.15) is 23.2 Å². The van der Waals surface area contributed by atoms with Crippen LogP contribution in [0.5, 0.6) is 0 Å². The Morgan fingerprint density at radius 1 is 1.10 bits per heavy atom. The number of hydrogen-bond donors (Lipinski definition) is 2. The number of amides is 2. The van der Waals surface area contributed by atoms with Crippen LogP contribution in [0.25, 0.3) is 11.3 Å². The molecule has 3 aromatic rings. The number of carbonyl (C=O) groups is 2. The third-order valence-corrected chi connectivity index (χ3v) is 5.43. The summed E-state index contributed by atoms with van der Waals surface area (Å²) in [6.45, 7) is 0.864. The van der Waals surface area contributed by atoms with E-state index in [1.54, 1.807) is 29.2 Å². The molecule has 0 bridgehead atoms. The van der Waals surface area contributed by atoms with Gasteiger partial charge in [0.15, 0.2) is 5.82 Å². The van der Waals surface area contributed by atoms with E-state index in [2.05, 4.69) is 15.5 Å². The fourth-order valence-corrected chi connectivity index (χ4v) is 3.75. The van der Waals surface area contributed by atoms with Crippen LogP contribution in [-0.4, -0.2) is 40.0 Å². The van der Waals surface area contributed by atoms with Crippen molar-refractivity contribution in [3.05, 3.63) is 70.8 Å².